The molecule has 1 aliphatic carbocycles. The van der Waals surface area contributed by atoms with E-state index in [0.717, 1.165) is 25.7 Å². The average Bonchev–Trinajstić information content (AvgIpc) is 2.12. The number of carboxylic acids is 1. The first kappa shape index (κ1) is 12.4. The van der Waals surface area contributed by atoms with Gasteiger partial charge in [-0.1, -0.05) is 26.2 Å². The number of aliphatic carboxylic acids is 1. The number of hydrogen-bond donors (Lipinski definition) is 2. The number of carbonyl (C=O) groups is 1. The van der Waals surface area contributed by atoms with Gasteiger partial charge in [-0.25, -0.2) is 0 Å². The molecule has 1 rings (SSSR count). The largest absolute Gasteiger partial charge is 0.481 e. The van der Waals surface area contributed by atoms with Gasteiger partial charge in [0.15, 0.2) is 0 Å². The number of aliphatic hydroxyl groups excluding tert-OH is 1. The van der Waals surface area contributed by atoms with Crippen LogP contribution in [0.4, 0.5) is 0 Å². The van der Waals surface area contributed by atoms with E-state index >= 15 is 0 Å². The molecule has 0 aromatic carbocycles. The highest BCUT2D eigenvalue weighted by molar-refractivity contribution is 5.62. The lowest BCUT2D eigenvalue weighted by atomic mass is 10.0. The summed E-state index contributed by atoms with van der Waals surface area (Å²) in [6.45, 7) is 3.31. The molecule has 13 heavy (non-hydrogen) atoms. The Kier molecular flexibility index (Phi) is 6.59. The molecular formula is C10H20O3. The highest BCUT2D eigenvalue weighted by Crippen LogP contribution is 2.22. The maximum Gasteiger partial charge on any atom is 0.300 e. The Labute approximate surface area is 79.8 Å². The second-order valence-corrected chi connectivity index (χ2v) is 3.80. The van der Waals surface area contributed by atoms with E-state index in [1.807, 2.05) is 0 Å². The van der Waals surface area contributed by atoms with E-state index in [0.29, 0.717) is 0 Å². The molecule has 0 spiro atoms. The molecule has 3 heteroatoms. The van der Waals surface area contributed by atoms with Gasteiger partial charge in [-0.15, -0.1) is 0 Å². The van der Waals surface area contributed by atoms with Crippen LogP contribution in [0, 0.1) is 5.92 Å². The first-order valence-electron chi connectivity index (χ1n) is 4.90. The van der Waals surface area contributed by atoms with E-state index in [9.17, 15) is 5.11 Å². The molecule has 1 saturated carbocycles. The van der Waals surface area contributed by atoms with Gasteiger partial charge < -0.3 is 10.2 Å². The van der Waals surface area contributed by atoms with E-state index < -0.39 is 5.97 Å². The summed E-state index contributed by atoms with van der Waals surface area (Å²) in [4.78, 5) is 9.00. The average molecular weight is 188 g/mol. The third kappa shape index (κ3) is 9.34. The Balaban J connectivity index is 0.000000310. The minimum atomic E-state index is -0.833. The monoisotopic (exact) mass is 188 g/mol. The summed E-state index contributed by atoms with van der Waals surface area (Å²) < 4.78 is 0. The smallest absolute Gasteiger partial charge is 0.300 e. The summed E-state index contributed by atoms with van der Waals surface area (Å²) >= 11 is 0. The lowest BCUT2D eigenvalue weighted by Crippen LogP contribution is -2.07. The lowest BCUT2D eigenvalue weighted by molar-refractivity contribution is -0.134. The molecule has 0 heterocycles. The zero-order valence-electron chi connectivity index (χ0n) is 8.49. The molecule has 3 nitrogen and oxygen atoms in total. The fourth-order valence-corrected chi connectivity index (χ4v) is 1.57. The third-order valence-corrected chi connectivity index (χ3v) is 2.16. The van der Waals surface area contributed by atoms with Crippen molar-refractivity contribution in [1.82, 2.24) is 0 Å². The van der Waals surface area contributed by atoms with Gasteiger partial charge in [-0.05, 0) is 18.8 Å². The second kappa shape index (κ2) is 6.89. The molecule has 1 aliphatic rings. The summed E-state index contributed by atoms with van der Waals surface area (Å²) in [6, 6.07) is 0. The molecule has 0 unspecified atom stereocenters. The van der Waals surface area contributed by atoms with Crippen molar-refractivity contribution in [3.8, 4) is 0 Å². The summed E-state index contributed by atoms with van der Waals surface area (Å²) in [5.74, 6) is -0.0810. The van der Waals surface area contributed by atoms with Crippen molar-refractivity contribution < 1.29 is 15.0 Å². The van der Waals surface area contributed by atoms with Crippen LogP contribution < -0.4 is 0 Å². The molecule has 2 N–H and O–H groups in total. The molecule has 0 aromatic rings. The van der Waals surface area contributed by atoms with Crippen molar-refractivity contribution in [2.75, 3.05) is 0 Å². The van der Waals surface area contributed by atoms with E-state index in [1.165, 1.54) is 19.3 Å². The summed E-state index contributed by atoms with van der Waals surface area (Å²) in [5.41, 5.74) is 0. The SMILES string of the molecule is CC(=O)O.C[C@H]1CCCC[C@H](O)C1. The Morgan fingerprint density at radius 3 is 2.31 bits per heavy atom. The highest BCUT2D eigenvalue weighted by Gasteiger charge is 2.13. The predicted octanol–water partition coefficient (Wildman–Crippen LogP) is 2.04. The second-order valence-electron chi connectivity index (χ2n) is 3.80. The molecule has 78 valence electrons. The number of hydrogen-bond acceptors (Lipinski definition) is 2. The van der Waals surface area contributed by atoms with Crippen molar-refractivity contribution in [1.29, 1.82) is 0 Å². The Morgan fingerprint density at radius 1 is 1.31 bits per heavy atom. The fraction of sp³-hybridized carbons (Fsp3) is 0.900. The molecule has 0 amide bonds. The maximum atomic E-state index is 9.26. The van der Waals surface area contributed by atoms with Crippen LogP contribution in [0.2, 0.25) is 0 Å². The third-order valence-electron chi connectivity index (χ3n) is 2.16. The van der Waals surface area contributed by atoms with Crippen molar-refractivity contribution >= 4 is 5.97 Å². The van der Waals surface area contributed by atoms with Crippen LogP contribution in [0.25, 0.3) is 0 Å². The highest BCUT2D eigenvalue weighted by atomic mass is 16.4. The quantitative estimate of drug-likeness (QED) is 0.572. The molecule has 1 fully saturated rings. The molecule has 0 aliphatic heterocycles. The van der Waals surface area contributed by atoms with Crippen molar-refractivity contribution in [2.45, 2.75) is 52.1 Å². The predicted molar refractivity (Wildman–Crippen MR) is 51.6 cm³/mol. The number of rotatable bonds is 0. The van der Waals surface area contributed by atoms with Gasteiger partial charge in [0.25, 0.3) is 5.97 Å². The Morgan fingerprint density at radius 2 is 1.77 bits per heavy atom. The van der Waals surface area contributed by atoms with E-state index in [2.05, 4.69) is 6.92 Å². The summed E-state index contributed by atoms with van der Waals surface area (Å²) in [5, 5.41) is 16.7. The minimum Gasteiger partial charge on any atom is -0.481 e. The number of aliphatic hydroxyl groups is 1. The molecule has 0 saturated heterocycles. The van der Waals surface area contributed by atoms with Crippen molar-refractivity contribution in [3.63, 3.8) is 0 Å². The van der Waals surface area contributed by atoms with Gasteiger partial charge in [0.1, 0.15) is 0 Å². The topological polar surface area (TPSA) is 57.5 Å². The van der Waals surface area contributed by atoms with Crippen LogP contribution in [-0.2, 0) is 4.79 Å². The summed E-state index contributed by atoms with van der Waals surface area (Å²) in [7, 11) is 0. The first-order chi connectivity index (χ1) is 6.02. The molecular weight excluding hydrogens is 168 g/mol. The van der Waals surface area contributed by atoms with Gasteiger partial charge in [-0.2, -0.15) is 0 Å². The zero-order valence-corrected chi connectivity index (χ0v) is 8.49. The van der Waals surface area contributed by atoms with Crippen molar-refractivity contribution in [3.05, 3.63) is 0 Å². The zero-order chi connectivity index (χ0) is 10.3. The van der Waals surface area contributed by atoms with E-state index in [-0.39, 0.29) is 6.10 Å². The van der Waals surface area contributed by atoms with Crippen LogP contribution in [0.3, 0.4) is 0 Å². The summed E-state index contributed by atoms with van der Waals surface area (Å²) in [6.07, 6.45) is 5.92. The Hall–Kier alpha value is -0.570. The number of carboxylic acid groups (broad SMARTS) is 1. The fourth-order valence-electron chi connectivity index (χ4n) is 1.57. The van der Waals surface area contributed by atoms with Crippen LogP contribution in [0.5, 0.6) is 0 Å². The van der Waals surface area contributed by atoms with E-state index in [1.54, 1.807) is 0 Å². The van der Waals surface area contributed by atoms with Gasteiger partial charge in [-0.3, -0.25) is 4.79 Å². The maximum absolute atomic E-state index is 9.26. The van der Waals surface area contributed by atoms with Crippen LogP contribution in [0.15, 0.2) is 0 Å². The van der Waals surface area contributed by atoms with Gasteiger partial charge in [0, 0.05) is 6.92 Å². The van der Waals surface area contributed by atoms with Crippen LogP contribution >= 0.6 is 0 Å². The van der Waals surface area contributed by atoms with Gasteiger partial charge >= 0.3 is 0 Å². The lowest BCUT2D eigenvalue weighted by Gasteiger charge is -2.09. The van der Waals surface area contributed by atoms with Crippen molar-refractivity contribution in [2.24, 2.45) is 5.92 Å². The first-order valence-corrected chi connectivity index (χ1v) is 4.90. The molecule has 0 bridgehead atoms. The minimum absolute atomic E-state index is 0.00231. The van der Waals surface area contributed by atoms with Gasteiger partial charge in [0.2, 0.25) is 0 Å². The Bertz CT molecular complexity index is 131. The van der Waals surface area contributed by atoms with Gasteiger partial charge in [0.05, 0.1) is 6.10 Å². The molecule has 2 atom stereocenters. The molecule has 0 aromatic heterocycles. The van der Waals surface area contributed by atoms with Crippen LogP contribution in [0.1, 0.15) is 46.0 Å². The standard InChI is InChI=1S/C8H16O.C2H4O2/c1-7-4-2-3-5-8(9)6-7;1-2(3)4/h7-9H,2-6H2,1H3;1H3,(H,3,4)/t7-,8-;/m0./s1. The van der Waals surface area contributed by atoms with Crippen LogP contribution in [-0.4, -0.2) is 22.3 Å². The normalized spacial score (nSPS) is 28.2. The van der Waals surface area contributed by atoms with E-state index in [4.69, 9.17) is 9.90 Å². The molecule has 0 radical (unpaired) electrons.